The van der Waals surface area contributed by atoms with Gasteiger partial charge in [-0.25, -0.2) is 0 Å². The Morgan fingerprint density at radius 1 is 1.26 bits per heavy atom. The molecule has 0 saturated heterocycles. The predicted molar refractivity (Wildman–Crippen MR) is 62.8 cm³/mol. The number of aromatic nitrogens is 2. The lowest BCUT2D eigenvalue weighted by molar-refractivity contribution is -0.137. The molecule has 5 nitrogen and oxygen atoms in total. The van der Waals surface area contributed by atoms with Gasteiger partial charge >= 0.3 is 6.18 Å². The summed E-state index contributed by atoms with van der Waals surface area (Å²) < 4.78 is 38.2. The Bertz CT molecular complexity index is 640. The minimum Gasteiger partial charge on any atom is -0.397 e. The molecule has 1 atom stereocenters. The van der Waals surface area contributed by atoms with Crippen molar-refractivity contribution in [2.45, 2.75) is 19.3 Å². The second kappa shape index (κ2) is 4.32. The van der Waals surface area contributed by atoms with Crippen molar-refractivity contribution in [2.24, 2.45) is 5.73 Å². The van der Waals surface area contributed by atoms with E-state index in [1.165, 1.54) is 13.0 Å². The van der Waals surface area contributed by atoms with Crippen LogP contribution in [0.4, 0.5) is 18.9 Å². The van der Waals surface area contributed by atoms with E-state index in [2.05, 4.69) is 10.2 Å². The summed E-state index contributed by atoms with van der Waals surface area (Å²) in [6.07, 6.45) is -5.90. The largest absolute Gasteiger partial charge is 0.416 e. The highest BCUT2D eigenvalue weighted by Gasteiger charge is 2.33. The molecule has 102 valence electrons. The van der Waals surface area contributed by atoms with Crippen molar-refractivity contribution in [3.8, 4) is 0 Å². The molecule has 2 aromatic rings. The van der Waals surface area contributed by atoms with Crippen molar-refractivity contribution in [3.05, 3.63) is 29.0 Å². The molecule has 1 heterocycles. The number of anilines is 1. The van der Waals surface area contributed by atoms with Gasteiger partial charge in [0.05, 0.1) is 16.8 Å². The number of benzene rings is 1. The van der Waals surface area contributed by atoms with E-state index >= 15 is 0 Å². The molecule has 2 rings (SSSR count). The van der Waals surface area contributed by atoms with Crippen LogP contribution in [0.3, 0.4) is 0 Å². The van der Waals surface area contributed by atoms with Crippen LogP contribution < -0.4 is 11.5 Å². The predicted octanol–water partition coefficient (Wildman–Crippen LogP) is 1.49. The molecule has 0 aliphatic rings. The summed E-state index contributed by atoms with van der Waals surface area (Å²) in [5, 5.41) is 16.7. The van der Waals surface area contributed by atoms with Gasteiger partial charge in [0, 0.05) is 5.39 Å². The van der Waals surface area contributed by atoms with Crippen LogP contribution in [-0.2, 0) is 6.18 Å². The second-order valence-corrected chi connectivity index (χ2v) is 4.08. The number of rotatable bonds is 1. The zero-order valence-corrected chi connectivity index (χ0v) is 9.86. The third kappa shape index (κ3) is 2.20. The van der Waals surface area contributed by atoms with Crippen molar-refractivity contribution in [1.82, 2.24) is 10.2 Å². The average molecular weight is 272 g/mol. The highest BCUT2D eigenvalue weighted by molar-refractivity contribution is 5.93. The van der Waals surface area contributed by atoms with E-state index in [4.69, 9.17) is 11.5 Å². The van der Waals surface area contributed by atoms with E-state index < -0.39 is 18.0 Å². The Hall–Kier alpha value is -1.93. The van der Waals surface area contributed by atoms with Crippen LogP contribution in [-0.4, -0.2) is 15.3 Å². The monoisotopic (exact) mass is 272 g/mol. The number of hydrogen-bond acceptors (Lipinski definition) is 5. The fourth-order valence-corrected chi connectivity index (χ4v) is 1.87. The maximum Gasteiger partial charge on any atom is 0.416 e. The number of nitrogens with zero attached hydrogens (tertiary/aromatic N) is 2. The van der Waals surface area contributed by atoms with Crippen LogP contribution in [0.2, 0.25) is 0 Å². The second-order valence-electron chi connectivity index (χ2n) is 4.08. The molecule has 0 aliphatic carbocycles. The molecule has 0 saturated carbocycles. The zero-order valence-electron chi connectivity index (χ0n) is 9.86. The number of aliphatic hydroxyl groups excluding tert-OH is 1. The van der Waals surface area contributed by atoms with E-state index in [0.29, 0.717) is 0 Å². The quantitative estimate of drug-likeness (QED) is 0.683. The fourth-order valence-electron chi connectivity index (χ4n) is 1.87. The molecule has 1 aromatic heterocycles. The number of nitrogen functional groups attached to an aromatic ring is 1. The summed E-state index contributed by atoms with van der Waals surface area (Å²) in [6, 6.07) is 2.11. The number of aliphatic hydroxyl groups is 1. The molecule has 0 amide bonds. The Morgan fingerprint density at radius 3 is 2.42 bits per heavy atom. The smallest absolute Gasteiger partial charge is 0.397 e. The topological polar surface area (TPSA) is 98.0 Å². The number of hydrogen-bond donors (Lipinski definition) is 3. The minimum absolute atomic E-state index is 0.0248. The van der Waals surface area contributed by atoms with Crippen LogP contribution in [0.1, 0.15) is 23.0 Å². The normalized spacial score (nSPS) is 13.8. The Morgan fingerprint density at radius 2 is 1.89 bits per heavy atom. The highest BCUT2D eigenvalue weighted by Crippen LogP contribution is 2.36. The summed E-state index contributed by atoms with van der Waals surface area (Å²) in [7, 11) is 0. The Balaban J connectivity index is 2.77. The molecule has 19 heavy (non-hydrogen) atoms. The van der Waals surface area contributed by atoms with Crippen LogP contribution in [0.15, 0.2) is 12.1 Å². The van der Waals surface area contributed by atoms with Crippen LogP contribution in [0.5, 0.6) is 0 Å². The molecule has 1 aromatic carbocycles. The van der Waals surface area contributed by atoms with Gasteiger partial charge in [0.15, 0.2) is 0 Å². The van der Waals surface area contributed by atoms with Gasteiger partial charge in [-0.3, -0.25) is 0 Å². The molecular weight excluding hydrogens is 261 g/mol. The van der Waals surface area contributed by atoms with Gasteiger partial charge < -0.3 is 16.6 Å². The van der Waals surface area contributed by atoms with Crippen LogP contribution in [0, 0.1) is 6.92 Å². The lowest BCUT2D eigenvalue weighted by Crippen LogP contribution is -2.15. The molecular formula is C11H11F3N4O. The van der Waals surface area contributed by atoms with Crippen molar-refractivity contribution in [3.63, 3.8) is 0 Å². The van der Waals surface area contributed by atoms with Gasteiger partial charge in [-0.1, -0.05) is 0 Å². The summed E-state index contributed by atoms with van der Waals surface area (Å²) in [6.45, 7) is 1.29. The Kier molecular flexibility index (Phi) is 3.07. The fraction of sp³-hybridized carbons (Fsp3) is 0.273. The van der Waals surface area contributed by atoms with Crippen molar-refractivity contribution >= 4 is 16.6 Å². The molecule has 0 aliphatic heterocycles. The summed E-state index contributed by atoms with van der Waals surface area (Å²) >= 11 is 0. The first-order valence-electron chi connectivity index (χ1n) is 5.29. The van der Waals surface area contributed by atoms with Crippen molar-refractivity contribution in [2.75, 3.05) is 5.73 Å². The third-order valence-corrected chi connectivity index (χ3v) is 2.84. The number of halogens is 3. The van der Waals surface area contributed by atoms with Crippen molar-refractivity contribution < 1.29 is 18.3 Å². The maximum absolute atomic E-state index is 12.7. The molecule has 0 fully saturated rings. The van der Waals surface area contributed by atoms with Crippen molar-refractivity contribution in [1.29, 1.82) is 0 Å². The van der Waals surface area contributed by atoms with E-state index in [1.807, 2.05) is 0 Å². The number of fused-ring (bicyclic) bond motifs is 1. The first kappa shape index (κ1) is 13.5. The average Bonchev–Trinajstić information content (AvgIpc) is 2.28. The molecule has 1 unspecified atom stereocenters. The molecule has 0 bridgehead atoms. The molecule has 5 N–H and O–H groups in total. The van der Waals surface area contributed by atoms with Gasteiger partial charge in [-0.15, -0.1) is 10.2 Å². The third-order valence-electron chi connectivity index (χ3n) is 2.84. The van der Waals surface area contributed by atoms with E-state index in [1.54, 1.807) is 0 Å². The first-order valence-corrected chi connectivity index (χ1v) is 5.29. The number of nitrogens with two attached hydrogens (primary N) is 2. The summed E-state index contributed by atoms with van der Waals surface area (Å²) in [5.41, 5.74) is 10.1. The van der Waals surface area contributed by atoms with E-state index in [-0.39, 0.29) is 27.8 Å². The summed E-state index contributed by atoms with van der Waals surface area (Å²) in [4.78, 5) is 0. The van der Waals surface area contributed by atoms with E-state index in [0.717, 1.165) is 6.07 Å². The van der Waals surface area contributed by atoms with Gasteiger partial charge in [0.1, 0.15) is 11.9 Å². The number of alkyl halides is 3. The maximum atomic E-state index is 12.7. The first-order chi connectivity index (χ1) is 8.73. The van der Waals surface area contributed by atoms with Gasteiger partial charge in [0.25, 0.3) is 0 Å². The SMILES string of the molecule is Cc1c(C(F)(F)F)ccc2c(N)c(C(N)O)nnc12. The summed E-state index contributed by atoms with van der Waals surface area (Å²) in [5.74, 6) is 0. The van der Waals surface area contributed by atoms with Gasteiger partial charge in [0.2, 0.25) is 0 Å². The lowest BCUT2D eigenvalue weighted by atomic mass is 10.0. The number of aryl methyl sites for hydroxylation is 1. The zero-order chi connectivity index (χ0) is 14.4. The Labute approximate surface area is 106 Å². The molecule has 0 spiro atoms. The van der Waals surface area contributed by atoms with Gasteiger partial charge in [-0.05, 0) is 24.6 Å². The standard InChI is InChI=1S/C11H11F3N4O/c1-4-6(11(12,13)14)3-2-5-7(15)9(10(16)19)18-17-8(4)5/h2-3,10,19H,16H2,1H3,(H2,15,17). The lowest BCUT2D eigenvalue weighted by Gasteiger charge is -2.14. The van der Waals surface area contributed by atoms with E-state index in [9.17, 15) is 18.3 Å². The van der Waals surface area contributed by atoms with Crippen LogP contribution in [0.25, 0.3) is 10.9 Å². The molecule has 0 radical (unpaired) electrons. The van der Waals surface area contributed by atoms with Gasteiger partial charge in [-0.2, -0.15) is 13.2 Å². The highest BCUT2D eigenvalue weighted by atomic mass is 19.4. The minimum atomic E-state index is -4.47. The van der Waals surface area contributed by atoms with Crippen LogP contribution >= 0.6 is 0 Å². The molecule has 8 heteroatoms.